The molecule has 0 spiro atoms. The second-order valence-corrected chi connectivity index (χ2v) is 12.6. The minimum atomic E-state index is -1.11. The second-order valence-electron chi connectivity index (χ2n) is 11.5. The van der Waals surface area contributed by atoms with Crippen LogP contribution >= 0.6 is 24.8 Å². The van der Waals surface area contributed by atoms with Crippen molar-refractivity contribution in [1.82, 2.24) is 40.9 Å². The maximum atomic E-state index is 13.9. The molecule has 7 N–H and O–H groups in total. The monoisotopic (exact) mass is 736 g/mol. The summed E-state index contributed by atoms with van der Waals surface area (Å²) in [5.41, 5.74) is 0.734. The molecule has 1 saturated heterocycles. The van der Waals surface area contributed by atoms with Crippen molar-refractivity contribution in [3.63, 3.8) is 0 Å². The maximum absolute atomic E-state index is 13.9. The van der Waals surface area contributed by atoms with E-state index in [0.717, 1.165) is 24.6 Å². The highest BCUT2D eigenvalue weighted by molar-refractivity contribution is 7.96. The van der Waals surface area contributed by atoms with Gasteiger partial charge in [0.2, 0.25) is 47.6 Å². The Labute approximate surface area is 299 Å². The zero-order chi connectivity index (χ0) is 37.4. The summed E-state index contributed by atoms with van der Waals surface area (Å²) in [7, 11) is 0. The Balaban J connectivity index is 2.06. The standard InChI is InChI=1S/C31H44N8O9S2/c1-17(26(43)20(4)41)34-27(44)18(2)35-28(45)19(3)36-30(47)24-11-8-12-39(24)31(48)22(13-21-9-6-5-7-10-21)37-25(42)14-32-29(46)23(15-49)38-50-33-16-40/h5-7,9-10,16-19,22-24,38,49H,8,11-15H2,1-4H3,(H,32,46)(H,33,40)(H,34,44)(H,35,45)(H,36,47)(H,37,42)/t17-,18-,19-,22?,23-,24-/m0/s1. The minimum absolute atomic E-state index is 0.0623. The summed E-state index contributed by atoms with van der Waals surface area (Å²) in [6.07, 6.45) is 1.29. The van der Waals surface area contributed by atoms with E-state index < -0.39 is 89.8 Å². The van der Waals surface area contributed by atoms with E-state index in [2.05, 4.69) is 48.7 Å². The van der Waals surface area contributed by atoms with Crippen LogP contribution in [0, 0.1) is 0 Å². The number of ketones is 2. The molecule has 1 unspecified atom stereocenters. The highest BCUT2D eigenvalue weighted by Gasteiger charge is 2.38. The Kier molecular flexibility index (Phi) is 17.4. The molecule has 1 aliphatic rings. The lowest BCUT2D eigenvalue weighted by molar-refractivity contribution is -0.142. The lowest BCUT2D eigenvalue weighted by atomic mass is 10.0. The van der Waals surface area contributed by atoms with Crippen LogP contribution in [0.3, 0.4) is 0 Å². The Bertz CT molecular complexity index is 1420. The van der Waals surface area contributed by atoms with Gasteiger partial charge in [-0.3, -0.25) is 47.9 Å². The fourth-order valence-electron chi connectivity index (χ4n) is 4.88. The molecule has 7 amide bonds. The molecular weight excluding hydrogens is 693 g/mol. The van der Waals surface area contributed by atoms with Gasteiger partial charge in [0, 0.05) is 37.8 Å². The number of amides is 7. The number of rotatable bonds is 20. The van der Waals surface area contributed by atoms with Crippen LogP contribution < -0.4 is 36.0 Å². The van der Waals surface area contributed by atoms with Crippen LogP contribution in [-0.2, 0) is 49.6 Å². The molecule has 1 aromatic rings. The van der Waals surface area contributed by atoms with E-state index >= 15 is 0 Å². The van der Waals surface area contributed by atoms with Crippen LogP contribution in [0.5, 0.6) is 0 Å². The first-order valence-corrected chi connectivity index (χ1v) is 17.2. The Hall–Kier alpha value is -4.49. The fourth-order valence-corrected chi connectivity index (χ4v) is 5.71. The Morgan fingerprint density at radius 3 is 2.10 bits per heavy atom. The predicted octanol–water partition coefficient (Wildman–Crippen LogP) is -2.31. The number of benzene rings is 1. The van der Waals surface area contributed by atoms with Crippen LogP contribution in [0.15, 0.2) is 30.3 Å². The zero-order valence-corrected chi connectivity index (χ0v) is 29.9. The van der Waals surface area contributed by atoms with Crippen molar-refractivity contribution in [2.75, 3.05) is 18.8 Å². The molecule has 1 heterocycles. The number of Topliss-reactive ketones (excluding diaryl/α,β-unsaturated/α-hetero) is 2. The van der Waals surface area contributed by atoms with Crippen molar-refractivity contribution in [3.05, 3.63) is 35.9 Å². The van der Waals surface area contributed by atoms with Crippen molar-refractivity contribution in [3.8, 4) is 0 Å². The normalized spacial score (nSPS) is 16.7. The van der Waals surface area contributed by atoms with E-state index in [9.17, 15) is 43.2 Å². The van der Waals surface area contributed by atoms with Crippen molar-refractivity contribution >= 4 is 78.2 Å². The number of likely N-dealkylation sites (tertiary alicyclic amines) is 1. The highest BCUT2D eigenvalue weighted by atomic mass is 32.2. The maximum Gasteiger partial charge on any atom is 0.246 e. The topological polar surface area (TPSA) is 241 Å². The van der Waals surface area contributed by atoms with Crippen LogP contribution in [0.2, 0.25) is 0 Å². The Morgan fingerprint density at radius 2 is 1.50 bits per heavy atom. The number of carbonyl (C=O) groups excluding carboxylic acids is 9. The van der Waals surface area contributed by atoms with Crippen molar-refractivity contribution in [2.24, 2.45) is 0 Å². The third-order valence-electron chi connectivity index (χ3n) is 7.59. The van der Waals surface area contributed by atoms with Gasteiger partial charge in [0.05, 0.1) is 12.6 Å². The molecule has 1 aromatic carbocycles. The molecule has 0 radical (unpaired) electrons. The average molecular weight is 737 g/mol. The Morgan fingerprint density at radius 1 is 0.880 bits per heavy atom. The molecule has 1 fully saturated rings. The van der Waals surface area contributed by atoms with Gasteiger partial charge in [0.1, 0.15) is 30.2 Å². The van der Waals surface area contributed by atoms with Gasteiger partial charge in [-0.05, 0) is 39.2 Å². The first-order chi connectivity index (χ1) is 23.7. The lowest BCUT2D eigenvalue weighted by Gasteiger charge is -2.29. The van der Waals surface area contributed by atoms with Gasteiger partial charge in [-0.2, -0.15) is 12.6 Å². The van der Waals surface area contributed by atoms with Crippen molar-refractivity contribution < 1.29 is 43.2 Å². The van der Waals surface area contributed by atoms with E-state index in [0.29, 0.717) is 19.3 Å². The number of nitrogens with zero attached hydrogens (tertiary/aromatic N) is 1. The molecular formula is C31H44N8O9S2. The second kappa shape index (κ2) is 20.9. The molecule has 50 heavy (non-hydrogen) atoms. The van der Waals surface area contributed by atoms with Crippen LogP contribution in [0.25, 0.3) is 0 Å². The van der Waals surface area contributed by atoms with Gasteiger partial charge in [-0.25, -0.2) is 4.72 Å². The third kappa shape index (κ3) is 13.1. The lowest BCUT2D eigenvalue weighted by Crippen LogP contribution is -2.58. The van der Waals surface area contributed by atoms with Crippen LogP contribution in [0.1, 0.15) is 46.1 Å². The first kappa shape index (κ1) is 41.7. The summed E-state index contributed by atoms with van der Waals surface area (Å²) < 4.78 is 4.96. The average Bonchev–Trinajstić information content (AvgIpc) is 3.58. The van der Waals surface area contributed by atoms with E-state index in [1.807, 2.05) is 0 Å². The summed E-state index contributed by atoms with van der Waals surface area (Å²) in [6, 6.07) is 2.71. The van der Waals surface area contributed by atoms with E-state index in [4.69, 9.17) is 0 Å². The van der Waals surface area contributed by atoms with E-state index in [1.165, 1.54) is 25.7 Å². The van der Waals surface area contributed by atoms with Gasteiger partial charge in [-0.1, -0.05) is 30.3 Å². The quantitative estimate of drug-likeness (QED) is 0.0233. The SMILES string of the molecule is CC(=O)C(=O)[C@H](C)NC(=O)[C@H](C)NC(=O)[C@H](C)NC(=O)[C@@H]1CCCN1C(=O)C(Cc1ccccc1)NC(=O)CNC(=O)[C@H](CS)NSNC=O. The number of carbonyl (C=O) groups is 9. The molecule has 19 heteroatoms. The number of nitrogens with one attached hydrogen (secondary N) is 7. The van der Waals surface area contributed by atoms with Gasteiger partial charge >= 0.3 is 0 Å². The smallest absolute Gasteiger partial charge is 0.246 e. The largest absolute Gasteiger partial charge is 0.346 e. The summed E-state index contributed by atoms with van der Waals surface area (Å²) in [6.45, 7) is 4.95. The molecule has 2 rings (SSSR count). The molecule has 0 aromatic heterocycles. The number of thiol groups is 1. The molecule has 1 aliphatic heterocycles. The molecule has 0 saturated carbocycles. The molecule has 6 atom stereocenters. The molecule has 274 valence electrons. The summed E-state index contributed by atoms with van der Waals surface area (Å²) in [5.74, 6) is -5.23. The first-order valence-electron chi connectivity index (χ1n) is 15.8. The predicted molar refractivity (Wildman–Crippen MR) is 186 cm³/mol. The van der Waals surface area contributed by atoms with Gasteiger partial charge in [0.25, 0.3) is 0 Å². The van der Waals surface area contributed by atoms with Crippen LogP contribution in [0.4, 0.5) is 0 Å². The van der Waals surface area contributed by atoms with E-state index in [1.54, 1.807) is 30.3 Å². The van der Waals surface area contributed by atoms with Crippen molar-refractivity contribution in [2.45, 2.75) is 83.2 Å². The summed E-state index contributed by atoms with van der Waals surface area (Å²) >= 11 is 4.87. The highest BCUT2D eigenvalue weighted by Crippen LogP contribution is 2.20. The van der Waals surface area contributed by atoms with Gasteiger partial charge in [-0.15, -0.1) is 0 Å². The van der Waals surface area contributed by atoms with Crippen molar-refractivity contribution in [1.29, 1.82) is 0 Å². The van der Waals surface area contributed by atoms with Gasteiger partial charge < -0.3 is 31.5 Å². The fraction of sp³-hybridized carbons (Fsp3) is 0.516. The summed E-state index contributed by atoms with van der Waals surface area (Å²) in [5, 5.41) is 12.5. The minimum Gasteiger partial charge on any atom is -0.346 e. The molecule has 0 bridgehead atoms. The van der Waals surface area contributed by atoms with Gasteiger partial charge in [0.15, 0.2) is 5.78 Å². The van der Waals surface area contributed by atoms with E-state index in [-0.39, 0.29) is 18.7 Å². The third-order valence-corrected chi connectivity index (χ3v) is 8.57. The van der Waals surface area contributed by atoms with Crippen LogP contribution in [-0.4, -0.2) is 113 Å². The molecule has 0 aliphatic carbocycles. The molecule has 17 nitrogen and oxygen atoms in total. The number of hydrogen-bond acceptors (Lipinski definition) is 12. The zero-order valence-electron chi connectivity index (χ0n) is 28.1. The number of hydrogen-bond donors (Lipinski definition) is 8. The summed E-state index contributed by atoms with van der Waals surface area (Å²) in [4.78, 5) is 113.